The first kappa shape index (κ1) is 10.0. The number of guanidine groups is 1. The Morgan fingerprint density at radius 1 is 1.38 bits per heavy atom. The molecule has 0 unspecified atom stereocenters. The van der Waals surface area contributed by atoms with Crippen LogP contribution >= 0.6 is 0 Å². The first-order valence-corrected chi connectivity index (χ1v) is 4.40. The van der Waals surface area contributed by atoms with E-state index in [1.807, 2.05) is 20.8 Å². The lowest BCUT2D eigenvalue weighted by atomic mass is 10.1. The summed E-state index contributed by atoms with van der Waals surface area (Å²) in [7, 11) is 0. The number of aliphatic imine (C=N–C) groups is 1. The number of nitrogens with one attached hydrogen (secondary N) is 2. The van der Waals surface area contributed by atoms with Crippen LogP contribution in [0.2, 0.25) is 0 Å². The van der Waals surface area contributed by atoms with Gasteiger partial charge < -0.3 is 5.32 Å². The number of hydrogen-bond acceptors (Lipinski definition) is 3. The maximum atomic E-state index is 11.3. The largest absolute Gasteiger partial charge is 0.351 e. The van der Waals surface area contributed by atoms with E-state index in [2.05, 4.69) is 15.6 Å². The van der Waals surface area contributed by atoms with Crippen LogP contribution in [0.1, 0.15) is 34.6 Å². The minimum absolute atomic E-state index is 0.0562. The van der Waals surface area contributed by atoms with Gasteiger partial charge in [0.05, 0.1) is 0 Å². The molecule has 0 aromatic carbocycles. The fourth-order valence-corrected chi connectivity index (χ4v) is 1.03. The van der Waals surface area contributed by atoms with Crippen LogP contribution in [0, 0.1) is 0 Å². The van der Waals surface area contributed by atoms with Crippen molar-refractivity contribution in [1.82, 2.24) is 10.6 Å². The number of carbonyl (C=O) groups is 1. The molecule has 74 valence electrons. The number of rotatable bonds is 0. The van der Waals surface area contributed by atoms with Crippen LogP contribution in [0.15, 0.2) is 4.99 Å². The molecule has 1 amide bonds. The van der Waals surface area contributed by atoms with Crippen molar-refractivity contribution in [1.29, 1.82) is 0 Å². The SMILES string of the molecule is CC(C)(C)NC1=NC(C)(C)C(=O)N1. The van der Waals surface area contributed by atoms with Crippen molar-refractivity contribution in [2.75, 3.05) is 0 Å². The van der Waals surface area contributed by atoms with Crippen molar-refractivity contribution in [3.05, 3.63) is 0 Å². The number of carbonyl (C=O) groups excluding carboxylic acids is 1. The second-order valence-electron chi connectivity index (χ2n) is 4.85. The van der Waals surface area contributed by atoms with E-state index in [0.717, 1.165) is 0 Å². The zero-order valence-electron chi connectivity index (χ0n) is 8.86. The van der Waals surface area contributed by atoms with Crippen LogP contribution in [-0.4, -0.2) is 22.9 Å². The van der Waals surface area contributed by atoms with E-state index in [-0.39, 0.29) is 11.4 Å². The Hall–Kier alpha value is -1.06. The topological polar surface area (TPSA) is 53.5 Å². The van der Waals surface area contributed by atoms with Crippen LogP contribution in [0.4, 0.5) is 0 Å². The Morgan fingerprint density at radius 2 is 1.92 bits per heavy atom. The predicted molar refractivity (Wildman–Crippen MR) is 52.5 cm³/mol. The minimum atomic E-state index is -0.631. The van der Waals surface area contributed by atoms with E-state index < -0.39 is 5.54 Å². The molecular weight excluding hydrogens is 166 g/mol. The molecule has 1 aliphatic heterocycles. The average Bonchev–Trinajstić information content (AvgIpc) is 2.01. The molecule has 4 nitrogen and oxygen atoms in total. The first-order valence-electron chi connectivity index (χ1n) is 4.40. The van der Waals surface area contributed by atoms with E-state index in [4.69, 9.17) is 0 Å². The Balaban J connectivity index is 2.72. The quantitative estimate of drug-likeness (QED) is 0.579. The maximum absolute atomic E-state index is 11.3. The summed E-state index contributed by atoms with van der Waals surface area (Å²) in [5, 5.41) is 5.82. The zero-order valence-corrected chi connectivity index (χ0v) is 8.86. The molecule has 0 fully saturated rings. The standard InChI is InChI=1S/C9H17N3O/c1-8(2,3)11-7-10-6(13)9(4,5)12-7/h1-5H3,(H2,10,11,12,13). The smallest absolute Gasteiger partial charge is 0.254 e. The number of hydrogen-bond donors (Lipinski definition) is 2. The molecule has 0 aromatic rings. The van der Waals surface area contributed by atoms with Gasteiger partial charge in [-0.3, -0.25) is 10.1 Å². The molecule has 0 aromatic heterocycles. The molecule has 1 aliphatic rings. The van der Waals surface area contributed by atoms with Crippen LogP contribution in [-0.2, 0) is 4.79 Å². The van der Waals surface area contributed by atoms with Gasteiger partial charge in [-0.2, -0.15) is 0 Å². The summed E-state index contributed by atoms with van der Waals surface area (Å²) in [6, 6.07) is 0. The van der Waals surface area contributed by atoms with E-state index in [1.54, 1.807) is 13.8 Å². The highest BCUT2D eigenvalue weighted by Crippen LogP contribution is 2.14. The van der Waals surface area contributed by atoms with Gasteiger partial charge in [-0.15, -0.1) is 0 Å². The van der Waals surface area contributed by atoms with Gasteiger partial charge in [-0.25, -0.2) is 4.99 Å². The lowest BCUT2D eigenvalue weighted by molar-refractivity contribution is -0.122. The summed E-state index contributed by atoms with van der Waals surface area (Å²) < 4.78 is 0. The van der Waals surface area contributed by atoms with Gasteiger partial charge in [-0.05, 0) is 34.6 Å². The van der Waals surface area contributed by atoms with Gasteiger partial charge in [0.25, 0.3) is 5.91 Å². The summed E-state index contributed by atoms with van der Waals surface area (Å²) in [5.41, 5.74) is -0.708. The Labute approximate surface area is 78.8 Å². The van der Waals surface area contributed by atoms with E-state index in [1.165, 1.54) is 0 Å². The van der Waals surface area contributed by atoms with Crippen molar-refractivity contribution in [2.45, 2.75) is 45.7 Å². The molecule has 1 heterocycles. The number of nitrogens with zero attached hydrogens (tertiary/aromatic N) is 1. The van der Waals surface area contributed by atoms with Crippen LogP contribution in [0.25, 0.3) is 0 Å². The average molecular weight is 183 g/mol. The third-order valence-electron chi connectivity index (χ3n) is 1.67. The molecule has 0 bridgehead atoms. The van der Waals surface area contributed by atoms with Gasteiger partial charge in [0.2, 0.25) is 0 Å². The highest BCUT2D eigenvalue weighted by atomic mass is 16.2. The molecule has 0 saturated heterocycles. The molecule has 0 atom stereocenters. The Bertz CT molecular complexity index is 261. The van der Waals surface area contributed by atoms with Gasteiger partial charge in [-0.1, -0.05) is 0 Å². The number of amides is 1. The lowest BCUT2D eigenvalue weighted by Crippen LogP contribution is -2.47. The van der Waals surface area contributed by atoms with Crippen LogP contribution in [0.3, 0.4) is 0 Å². The van der Waals surface area contributed by atoms with Gasteiger partial charge in [0.15, 0.2) is 5.96 Å². The normalized spacial score (nSPS) is 21.0. The summed E-state index contributed by atoms with van der Waals surface area (Å²) in [4.78, 5) is 15.6. The molecule has 0 saturated carbocycles. The fourth-order valence-electron chi connectivity index (χ4n) is 1.03. The second-order valence-corrected chi connectivity index (χ2v) is 4.85. The summed E-state index contributed by atoms with van der Waals surface area (Å²) >= 11 is 0. The van der Waals surface area contributed by atoms with Gasteiger partial charge >= 0.3 is 0 Å². The molecule has 4 heteroatoms. The molecule has 2 N–H and O–H groups in total. The van der Waals surface area contributed by atoms with Crippen molar-refractivity contribution in [3.8, 4) is 0 Å². The predicted octanol–water partition coefficient (Wildman–Crippen LogP) is 0.639. The molecule has 0 spiro atoms. The van der Waals surface area contributed by atoms with Crippen molar-refractivity contribution in [3.63, 3.8) is 0 Å². The first-order chi connectivity index (χ1) is 5.71. The minimum Gasteiger partial charge on any atom is -0.351 e. The molecular formula is C9H17N3O. The monoisotopic (exact) mass is 183 g/mol. The molecule has 0 radical (unpaired) electrons. The van der Waals surface area contributed by atoms with Crippen molar-refractivity contribution >= 4 is 11.9 Å². The summed E-state index contributed by atoms with van der Waals surface area (Å²) in [6.45, 7) is 9.65. The summed E-state index contributed by atoms with van der Waals surface area (Å²) in [6.07, 6.45) is 0. The molecule has 13 heavy (non-hydrogen) atoms. The van der Waals surface area contributed by atoms with Crippen molar-refractivity contribution < 1.29 is 4.79 Å². The Morgan fingerprint density at radius 3 is 2.23 bits per heavy atom. The van der Waals surface area contributed by atoms with E-state index in [0.29, 0.717) is 5.96 Å². The van der Waals surface area contributed by atoms with E-state index in [9.17, 15) is 4.79 Å². The molecule has 1 rings (SSSR count). The van der Waals surface area contributed by atoms with Gasteiger partial charge in [0.1, 0.15) is 5.54 Å². The highest BCUT2D eigenvalue weighted by Gasteiger charge is 2.35. The maximum Gasteiger partial charge on any atom is 0.254 e. The van der Waals surface area contributed by atoms with E-state index >= 15 is 0 Å². The lowest BCUT2D eigenvalue weighted by Gasteiger charge is -2.21. The third-order valence-corrected chi connectivity index (χ3v) is 1.67. The van der Waals surface area contributed by atoms with Crippen LogP contribution < -0.4 is 10.6 Å². The van der Waals surface area contributed by atoms with Gasteiger partial charge in [0, 0.05) is 5.54 Å². The third kappa shape index (κ3) is 2.44. The van der Waals surface area contributed by atoms with Crippen molar-refractivity contribution in [2.24, 2.45) is 4.99 Å². The Kier molecular flexibility index (Phi) is 2.10. The summed E-state index contributed by atoms with van der Waals surface area (Å²) in [5.74, 6) is 0.516. The highest BCUT2D eigenvalue weighted by molar-refractivity contribution is 6.07. The zero-order chi connectivity index (χ0) is 10.3. The molecule has 0 aliphatic carbocycles. The van der Waals surface area contributed by atoms with Crippen LogP contribution in [0.5, 0.6) is 0 Å². The second kappa shape index (κ2) is 2.72. The fraction of sp³-hybridized carbons (Fsp3) is 0.778.